The summed E-state index contributed by atoms with van der Waals surface area (Å²) in [5.41, 5.74) is -0.297. The van der Waals surface area contributed by atoms with E-state index < -0.39 is 11.5 Å². The lowest BCUT2D eigenvalue weighted by Gasteiger charge is -2.40. The van der Waals surface area contributed by atoms with Gasteiger partial charge in [0.1, 0.15) is 5.75 Å². The Hall–Kier alpha value is -1.92. The van der Waals surface area contributed by atoms with E-state index in [1.807, 2.05) is 0 Å². The van der Waals surface area contributed by atoms with E-state index in [0.29, 0.717) is 31.4 Å². The number of likely N-dealkylation sites (tertiary alicyclic amines) is 1. The first kappa shape index (κ1) is 21.4. The summed E-state index contributed by atoms with van der Waals surface area (Å²) in [6, 6.07) is 7.17. The predicted molar refractivity (Wildman–Crippen MR) is 103 cm³/mol. The first-order chi connectivity index (χ1) is 12.9. The van der Waals surface area contributed by atoms with Crippen LogP contribution in [-0.4, -0.2) is 60.7 Å². The standard InChI is InChI=1S/C21H31NO5/c1-4-27-20(24)16(2)21(25)11-14-22(15-12-21)13-5-6-19(23)17-7-9-18(26-3)10-8-17/h7-10,16,25H,4-6,11-15H2,1-3H3. The Morgan fingerprint density at radius 1 is 1.22 bits per heavy atom. The fourth-order valence-electron chi connectivity index (χ4n) is 3.47. The van der Waals surface area contributed by atoms with E-state index >= 15 is 0 Å². The number of Topliss-reactive ketones (excluding diaryl/α,β-unsaturated/α-hetero) is 1. The van der Waals surface area contributed by atoms with Crippen molar-refractivity contribution in [3.63, 3.8) is 0 Å². The molecule has 150 valence electrons. The Bertz CT molecular complexity index is 620. The van der Waals surface area contributed by atoms with Crippen molar-refractivity contribution in [2.75, 3.05) is 33.4 Å². The maximum atomic E-state index is 12.3. The molecule has 6 nitrogen and oxygen atoms in total. The van der Waals surface area contributed by atoms with Crippen LogP contribution in [0.15, 0.2) is 24.3 Å². The van der Waals surface area contributed by atoms with Crippen molar-refractivity contribution in [1.82, 2.24) is 4.90 Å². The first-order valence-electron chi connectivity index (χ1n) is 9.68. The third kappa shape index (κ3) is 5.78. The highest BCUT2D eigenvalue weighted by molar-refractivity contribution is 5.96. The minimum atomic E-state index is -0.998. The largest absolute Gasteiger partial charge is 0.497 e. The summed E-state index contributed by atoms with van der Waals surface area (Å²) in [7, 11) is 1.60. The molecule has 0 aliphatic carbocycles. The Morgan fingerprint density at radius 3 is 2.41 bits per heavy atom. The second-order valence-corrected chi connectivity index (χ2v) is 7.17. The van der Waals surface area contributed by atoms with Crippen LogP contribution in [0.2, 0.25) is 0 Å². The predicted octanol–water partition coefficient (Wildman–Crippen LogP) is 2.68. The Labute approximate surface area is 161 Å². The molecule has 1 aliphatic rings. The molecule has 0 radical (unpaired) electrons. The molecule has 1 aromatic carbocycles. The lowest BCUT2D eigenvalue weighted by atomic mass is 9.80. The van der Waals surface area contributed by atoms with E-state index in [9.17, 15) is 14.7 Å². The topological polar surface area (TPSA) is 76.1 Å². The van der Waals surface area contributed by atoms with Crippen LogP contribution in [0.25, 0.3) is 0 Å². The summed E-state index contributed by atoms with van der Waals surface area (Å²) >= 11 is 0. The molecule has 0 amide bonds. The molecule has 2 rings (SSSR count). The molecule has 6 heteroatoms. The molecule has 0 bridgehead atoms. The first-order valence-corrected chi connectivity index (χ1v) is 9.68. The van der Waals surface area contributed by atoms with Crippen LogP contribution in [0, 0.1) is 5.92 Å². The number of carbonyl (C=O) groups excluding carboxylic acids is 2. The molecule has 0 saturated carbocycles. The Balaban J connectivity index is 1.74. The van der Waals surface area contributed by atoms with Gasteiger partial charge in [0, 0.05) is 25.1 Å². The normalized spacial score (nSPS) is 17.9. The van der Waals surface area contributed by atoms with E-state index in [2.05, 4.69) is 4.90 Å². The van der Waals surface area contributed by atoms with Gasteiger partial charge in [-0.15, -0.1) is 0 Å². The van der Waals surface area contributed by atoms with Crippen LogP contribution in [0.3, 0.4) is 0 Å². The average Bonchev–Trinajstić information content (AvgIpc) is 2.69. The van der Waals surface area contributed by atoms with E-state index in [1.54, 1.807) is 45.2 Å². The van der Waals surface area contributed by atoms with Crippen LogP contribution in [0.4, 0.5) is 0 Å². The monoisotopic (exact) mass is 377 g/mol. The fourth-order valence-corrected chi connectivity index (χ4v) is 3.47. The third-order valence-corrected chi connectivity index (χ3v) is 5.46. The number of ketones is 1. The molecule has 0 spiro atoms. The van der Waals surface area contributed by atoms with Crippen LogP contribution < -0.4 is 4.74 Å². The number of carbonyl (C=O) groups is 2. The Kier molecular flexibility index (Phi) is 7.80. The van der Waals surface area contributed by atoms with Gasteiger partial charge in [-0.1, -0.05) is 0 Å². The smallest absolute Gasteiger partial charge is 0.311 e. The molecule has 0 aromatic heterocycles. The van der Waals surface area contributed by atoms with Crippen LogP contribution in [0.5, 0.6) is 5.75 Å². The second-order valence-electron chi connectivity index (χ2n) is 7.17. The number of piperidine rings is 1. The van der Waals surface area contributed by atoms with Gasteiger partial charge in [-0.3, -0.25) is 9.59 Å². The van der Waals surface area contributed by atoms with Crippen LogP contribution in [0.1, 0.15) is 49.9 Å². The minimum Gasteiger partial charge on any atom is -0.497 e. The number of esters is 1. The summed E-state index contributed by atoms with van der Waals surface area (Å²) in [5, 5.41) is 10.8. The zero-order valence-corrected chi connectivity index (χ0v) is 16.6. The molecule has 1 atom stereocenters. The number of nitrogens with zero attached hydrogens (tertiary/aromatic N) is 1. The van der Waals surface area contributed by atoms with Gasteiger partial charge < -0.3 is 19.5 Å². The van der Waals surface area contributed by atoms with Gasteiger partial charge in [0.25, 0.3) is 0 Å². The van der Waals surface area contributed by atoms with Gasteiger partial charge in [0.2, 0.25) is 0 Å². The van der Waals surface area contributed by atoms with Gasteiger partial charge in [0.05, 0.1) is 25.2 Å². The van der Waals surface area contributed by atoms with Gasteiger partial charge in [0.15, 0.2) is 5.78 Å². The number of benzene rings is 1. The average molecular weight is 377 g/mol. The van der Waals surface area contributed by atoms with E-state index in [1.165, 1.54) is 0 Å². The third-order valence-electron chi connectivity index (χ3n) is 5.46. The maximum Gasteiger partial charge on any atom is 0.311 e. The van der Waals surface area contributed by atoms with Crippen molar-refractivity contribution in [1.29, 1.82) is 0 Å². The molecule has 1 aromatic rings. The molecule has 1 fully saturated rings. The number of methoxy groups -OCH3 is 1. The van der Waals surface area contributed by atoms with Crippen molar-refractivity contribution in [3.8, 4) is 5.75 Å². The molecule has 1 unspecified atom stereocenters. The lowest BCUT2D eigenvalue weighted by Crippen LogP contribution is -2.50. The SMILES string of the molecule is CCOC(=O)C(C)C1(O)CCN(CCCC(=O)c2ccc(OC)cc2)CC1. The van der Waals surface area contributed by atoms with Gasteiger partial charge >= 0.3 is 5.97 Å². The van der Waals surface area contributed by atoms with Crippen molar-refractivity contribution >= 4 is 11.8 Å². The summed E-state index contributed by atoms with van der Waals surface area (Å²) < 4.78 is 10.1. The highest BCUT2D eigenvalue weighted by atomic mass is 16.5. The number of aliphatic hydroxyl groups is 1. The van der Waals surface area contributed by atoms with Crippen molar-refractivity contribution < 1.29 is 24.2 Å². The highest BCUT2D eigenvalue weighted by Gasteiger charge is 2.41. The summed E-state index contributed by atoms with van der Waals surface area (Å²) in [6.07, 6.45) is 2.35. The molecule has 1 heterocycles. The molecule has 1 saturated heterocycles. The van der Waals surface area contributed by atoms with Crippen LogP contribution >= 0.6 is 0 Å². The number of rotatable bonds is 9. The summed E-state index contributed by atoms with van der Waals surface area (Å²) in [6.45, 7) is 6.08. The number of ether oxygens (including phenoxy) is 2. The van der Waals surface area contributed by atoms with Gasteiger partial charge in [-0.2, -0.15) is 0 Å². The second kappa shape index (κ2) is 9.85. The highest BCUT2D eigenvalue weighted by Crippen LogP contribution is 2.31. The Morgan fingerprint density at radius 2 is 1.85 bits per heavy atom. The van der Waals surface area contributed by atoms with Crippen molar-refractivity contribution in [3.05, 3.63) is 29.8 Å². The number of hydrogen-bond donors (Lipinski definition) is 1. The molecular formula is C21H31NO5. The summed E-state index contributed by atoms with van der Waals surface area (Å²) in [5.74, 6) is 0.0151. The summed E-state index contributed by atoms with van der Waals surface area (Å²) in [4.78, 5) is 26.4. The maximum absolute atomic E-state index is 12.3. The van der Waals surface area contributed by atoms with Crippen molar-refractivity contribution in [2.45, 2.75) is 45.1 Å². The van der Waals surface area contributed by atoms with Crippen LogP contribution in [-0.2, 0) is 9.53 Å². The quantitative estimate of drug-likeness (QED) is 0.527. The van der Waals surface area contributed by atoms with Gasteiger partial charge in [-0.05, 0) is 63.9 Å². The van der Waals surface area contributed by atoms with E-state index in [4.69, 9.17) is 9.47 Å². The zero-order valence-electron chi connectivity index (χ0n) is 16.6. The molecule has 27 heavy (non-hydrogen) atoms. The fraction of sp³-hybridized carbons (Fsp3) is 0.619. The van der Waals surface area contributed by atoms with Crippen molar-refractivity contribution in [2.24, 2.45) is 5.92 Å². The van der Waals surface area contributed by atoms with E-state index in [-0.39, 0.29) is 11.8 Å². The lowest BCUT2D eigenvalue weighted by molar-refractivity contribution is -0.160. The van der Waals surface area contributed by atoms with Gasteiger partial charge in [-0.25, -0.2) is 0 Å². The minimum absolute atomic E-state index is 0.127. The molecule has 1 N–H and O–H groups in total. The van der Waals surface area contributed by atoms with E-state index in [0.717, 1.165) is 31.8 Å². The number of hydrogen-bond acceptors (Lipinski definition) is 6. The molecular weight excluding hydrogens is 346 g/mol. The zero-order chi connectivity index (χ0) is 19.9. The molecule has 1 aliphatic heterocycles.